The summed E-state index contributed by atoms with van der Waals surface area (Å²) in [4.78, 5) is 13.2. The summed E-state index contributed by atoms with van der Waals surface area (Å²) in [5, 5.41) is 11.1. The molecule has 2 heterocycles. The summed E-state index contributed by atoms with van der Waals surface area (Å²) < 4.78 is 7.11. The molecule has 3 aromatic rings. The van der Waals surface area contributed by atoms with Gasteiger partial charge in [-0.05, 0) is 37.4 Å². The Morgan fingerprint density at radius 2 is 2.04 bits per heavy atom. The number of aromatic nitrogens is 3. The van der Waals surface area contributed by atoms with Crippen LogP contribution >= 0.6 is 23.1 Å². The predicted molar refractivity (Wildman–Crippen MR) is 100 cm³/mol. The molecular formula is C18H19N3O2S2. The van der Waals surface area contributed by atoms with Crippen molar-refractivity contribution in [2.24, 2.45) is 0 Å². The lowest BCUT2D eigenvalue weighted by Crippen LogP contribution is -2.17. The zero-order chi connectivity index (χ0) is 17.6. The zero-order valence-corrected chi connectivity index (χ0v) is 15.7. The van der Waals surface area contributed by atoms with Crippen LogP contribution in [0.3, 0.4) is 0 Å². The summed E-state index contributed by atoms with van der Waals surface area (Å²) >= 11 is 3.06. The molecule has 130 valence electrons. The smallest absolute Gasteiger partial charge is 0.319 e. The van der Waals surface area contributed by atoms with Crippen molar-refractivity contribution in [3.8, 4) is 5.69 Å². The van der Waals surface area contributed by atoms with E-state index in [0.29, 0.717) is 18.2 Å². The molecule has 0 aliphatic heterocycles. The maximum atomic E-state index is 12.0. The van der Waals surface area contributed by atoms with Crippen molar-refractivity contribution in [1.29, 1.82) is 0 Å². The quantitative estimate of drug-likeness (QED) is 0.463. The first-order valence-electron chi connectivity index (χ1n) is 8.04. The van der Waals surface area contributed by atoms with E-state index in [9.17, 15) is 4.79 Å². The molecule has 3 rings (SSSR count). The Morgan fingerprint density at radius 3 is 2.72 bits per heavy atom. The maximum absolute atomic E-state index is 12.0. The van der Waals surface area contributed by atoms with Crippen molar-refractivity contribution in [1.82, 2.24) is 14.8 Å². The predicted octanol–water partition coefficient (Wildman–Crippen LogP) is 3.96. The SMILES string of the molecule is CCOC(=O)C(C)Sc1nnc(Cc2cccs2)n1-c1ccccc1. The number of hydrogen-bond acceptors (Lipinski definition) is 6. The van der Waals surface area contributed by atoms with Crippen LogP contribution in [-0.2, 0) is 16.0 Å². The van der Waals surface area contributed by atoms with Crippen molar-refractivity contribution in [3.05, 3.63) is 58.5 Å². The topological polar surface area (TPSA) is 57.0 Å². The number of carbonyl (C=O) groups is 1. The van der Waals surface area contributed by atoms with Gasteiger partial charge in [0.15, 0.2) is 5.16 Å². The molecule has 0 saturated carbocycles. The first-order valence-corrected chi connectivity index (χ1v) is 9.80. The Kier molecular flexibility index (Phi) is 5.88. The Morgan fingerprint density at radius 1 is 1.24 bits per heavy atom. The van der Waals surface area contributed by atoms with E-state index in [-0.39, 0.29) is 11.2 Å². The maximum Gasteiger partial charge on any atom is 0.319 e. The fourth-order valence-electron chi connectivity index (χ4n) is 2.36. The lowest BCUT2D eigenvalue weighted by Gasteiger charge is -2.12. The molecule has 5 nitrogen and oxygen atoms in total. The second-order valence-corrected chi connectivity index (χ2v) is 7.68. The first-order chi connectivity index (χ1) is 12.2. The molecule has 2 aromatic heterocycles. The third kappa shape index (κ3) is 4.29. The summed E-state index contributed by atoms with van der Waals surface area (Å²) in [6.07, 6.45) is 0.702. The number of benzene rings is 1. The van der Waals surface area contributed by atoms with E-state index in [1.54, 1.807) is 18.3 Å². The molecule has 0 aliphatic carbocycles. The van der Waals surface area contributed by atoms with Gasteiger partial charge in [-0.2, -0.15) is 0 Å². The van der Waals surface area contributed by atoms with Crippen molar-refractivity contribution in [3.63, 3.8) is 0 Å². The van der Waals surface area contributed by atoms with Gasteiger partial charge in [0.1, 0.15) is 11.1 Å². The zero-order valence-electron chi connectivity index (χ0n) is 14.1. The lowest BCUT2D eigenvalue weighted by molar-refractivity contribution is -0.142. The van der Waals surface area contributed by atoms with Crippen molar-refractivity contribution >= 4 is 29.1 Å². The standard InChI is InChI=1S/C18H19N3O2S2/c1-3-23-17(22)13(2)25-18-20-19-16(12-15-10-7-11-24-15)21(18)14-8-5-4-6-9-14/h4-11,13H,3,12H2,1-2H3. The molecule has 1 atom stereocenters. The summed E-state index contributed by atoms with van der Waals surface area (Å²) in [6, 6.07) is 14.1. The first kappa shape index (κ1) is 17.7. The second kappa shape index (κ2) is 8.31. The van der Waals surface area contributed by atoms with Gasteiger partial charge in [-0.1, -0.05) is 36.0 Å². The van der Waals surface area contributed by atoms with Gasteiger partial charge in [0.2, 0.25) is 0 Å². The van der Waals surface area contributed by atoms with Crippen LogP contribution < -0.4 is 0 Å². The highest BCUT2D eigenvalue weighted by Crippen LogP contribution is 2.27. The molecule has 0 aliphatic rings. The minimum Gasteiger partial charge on any atom is -0.465 e. The minimum atomic E-state index is -0.346. The number of thiophene rings is 1. The van der Waals surface area contributed by atoms with Gasteiger partial charge >= 0.3 is 5.97 Å². The van der Waals surface area contributed by atoms with Crippen LogP contribution in [0.4, 0.5) is 0 Å². The molecule has 0 N–H and O–H groups in total. The van der Waals surface area contributed by atoms with E-state index in [1.807, 2.05) is 47.9 Å². The Hall–Kier alpha value is -2.12. The summed E-state index contributed by atoms with van der Waals surface area (Å²) in [6.45, 7) is 4.01. The molecule has 0 amide bonds. The van der Waals surface area contributed by atoms with Crippen molar-refractivity contribution in [2.45, 2.75) is 30.7 Å². The van der Waals surface area contributed by atoms with Crippen LogP contribution in [0, 0.1) is 0 Å². The Labute approximate surface area is 155 Å². The van der Waals surface area contributed by atoms with Crippen LogP contribution in [0.15, 0.2) is 53.0 Å². The van der Waals surface area contributed by atoms with E-state index in [4.69, 9.17) is 4.74 Å². The molecule has 0 fully saturated rings. The summed E-state index contributed by atoms with van der Waals surface area (Å²) in [7, 11) is 0. The number of esters is 1. The van der Waals surface area contributed by atoms with E-state index in [1.165, 1.54) is 16.6 Å². The fourth-order valence-corrected chi connectivity index (χ4v) is 3.95. The van der Waals surface area contributed by atoms with Gasteiger partial charge < -0.3 is 4.74 Å². The normalized spacial score (nSPS) is 12.1. The van der Waals surface area contributed by atoms with Crippen molar-refractivity contribution < 1.29 is 9.53 Å². The molecule has 1 unspecified atom stereocenters. The van der Waals surface area contributed by atoms with Gasteiger partial charge in [0.05, 0.1) is 6.61 Å². The molecule has 1 aromatic carbocycles. The summed E-state index contributed by atoms with van der Waals surface area (Å²) in [5.74, 6) is 0.613. The average Bonchev–Trinajstić information content (AvgIpc) is 3.26. The van der Waals surface area contributed by atoms with Gasteiger partial charge in [-0.15, -0.1) is 21.5 Å². The number of rotatable bonds is 7. The largest absolute Gasteiger partial charge is 0.465 e. The number of thioether (sulfide) groups is 1. The Bertz CT molecular complexity index is 816. The molecule has 0 saturated heterocycles. The Balaban J connectivity index is 1.92. The third-order valence-electron chi connectivity index (χ3n) is 3.53. The monoisotopic (exact) mass is 373 g/mol. The second-order valence-electron chi connectivity index (χ2n) is 5.34. The molecular weight excluding hydrogens is 354 g/mol. The van der Waals surface area contributed by atoms with Gasteiger partial charge in [-0.3, -0.25) is 9.36 Å². The minimum absolute atomic E-state index is 0.241. The highest BCUT2D eigenvalue weighted by Gasteiger charge is 2.22. The average molecular weight is 374 g/mol. The number of para-hydroxylation sites is 1. The van der Waals surface area contributed by atoms with Gasteiger partial charge in [0, 0.05) is 17.0 Å². The van der Waals surface area contributed by atoms with Gasteiger partial charge in [0.25, 0.3) is 0 Å². The van der Waals surface area contributed by atoms with E-state index in [0.717, 1.165) is 11.5 Å². The van der Waals surface area contributed by atoms with Crippen LogP contribution in [0.2, 0.25) is 0 Å². The fraction of sp³-hybridized carbons (Fsp3) is 0.278. The molecule has 25 heavy (non-hydrogen) atoms. The molecule has 0 radical (unpaired) electrons. The van der Waals surface area contributed by atoms with E-state index in [2.05, 4.69) is 21.6 Å². The number of nitrogens with zero attached hydrogens (tertiary/aromatic N) is 3. The van der Waals surface area contributed by atoms with E-state index >= 15 is 0 Å². The number of hydrogen-bond donors (Lipinski definition) is 0. The van der Waals surface area contributed by atoms with Crippen LogP contribution in [0.25, 0.3) is 5.69 Å². The summed E-state index contributed by atoms with van der Waals surface area (Å²) in [5.41, 5.74) is 0.984. The van der Waals surface area contributed by atoms with Crippen LogP contribution in [0.1, 0.15) is 24.5 Å². The van der Waals surface area contributed by atoms with Crippen molar-refractivity contribution in [2.75, 3.05) is 6.61 Å². The molecule has 0 bridgehead atoms. The molecule has 0 spiro atoms. The van der Waals surface area contributed by atoms with Gasteiger partial charge in [-0.25, -0.2) is 0 Å². The van der Waals surface area contributed by atoms with Crippen LogP contribution in [0.5, 0.6) is 0 Å². The molecule has 7 heteroatoms. The number of ether oxygens (including phenoxy) is 1. The highest BCUT2D eigenvalue weighted by atomic mass is 32.2. The third-order valence-corrected chi connectivity index (χ3v) is 5.43. The highest BCUT2D eigenvalue weighted by molar-refractivity contribution is 8.00. The van der Waals surface area contributed by atoms with Crippen LogP contribution in [-0.4, -0.2) is 32.6 Å². The van der Waals surface area contributed by atoms with E-state index < -0.39 is 0 Å². The number of carbonyl (C=O) groups excluding carboxylic acids is 1. The lowest BCUT2D eigenvalue weighted by atomic mass is 10.3.